The van der Waals surface area contributed by atoms with E-state index in [9.17, 15) is 0 Å². The third-order valence-electron chi connectivity index (χ3n) is 3.47. The molecule has 0 aliphatic rings. The van der Waals surface area contributed by atoms with E-state index in [2.05, 4.69) is 72.7 Å². The van der Waals surface area contributed by atoms with Gasteiger partial charge >= 0.3 is 0 Å². The summed E-state index contributed by atoms with van der Waals surface area (Å²) >= 11 is 0. The van der Waals surface area contributed by atoms with Crippen molar-refractivity contribution in [1.29, 1.82) is 0 Å². The second-order valence-electron chi connectivity index (χ2n) is 5.23. The van der Waals surface area contributed by atoms with Crippen molar-refractivity contribution in [3.8, 4) is 0 Å². The van der Waals surface area contributed by atoms with Gasteiger partial charge in [0, 0.05) is 11.7 Å². The number of aromatic nitrogens is 1. The molecule has 0 radical (unpaired) electrons. The molecule has 1 aromatic heterocycles. The minimum Gasteiger partial charge on any atom is -0.309 e. The third kappa shape index (κ3) is 4.46. The molecule has 1 atom stereocenters. The SMILES string of the molecule is CCCNC(CCc1ccccc1)c1cccc(C)n1. The quantitative estimate of drug-likeness (QED) is 0.819. The van der Waals surface area contributed by atoms with Gasteiger partial charge in [-0.25, -0.2) is 0 Å². The number of rotatable bonds is 7. The number of nitrogens with zero attached hydrogens (tertiary/aromatic N) is 1. The van der Waals surface area contributed by atoms with Crippen LogP contribution in [0.1, 0.15) is 42.8 Å². The molecule has 2 nitrogen and oxygen atoms in total. The van der Waals surface area contributed by atoms with Crippen LogP contribution in [0.4, 0.5) is 0 Å². The van der Waals surface area contributed by atoms with E-state index in [1.165, 1.54) is 5.56 Å². The summed E-state index contributed by atoms with van der Waals surface area (Å²) in [6.07, 6.45) is 3.31. The van der Waals surface area contributed by atoms with Crippen molar-refractivity contribution in [2.75, 3.05) is 6.54 Å². The number of nitrogens with one attached hydrogen (secondary N) is 1. The zero-order chi connectivity index (χ0) is 14.2. The van der Waals surface area contributed by atoms with Crippen molar-refractivity contribution in [2.45, 2.75) is 39.2 Å². The minimum absolute atomic E-state index is 0.343. The molecular weight excluding hydrogens is 244 g/mol. The van der Waals surface area contributed by atoms with Gasteiger partial charge in [-0.15, -0.1) is 0 Å². The zero-order valence-corrected chi connectivity index (χ0v) is 12.5. The predicted octanol–water partition coefficient (Wildman–Crippen LogP) is 4.06. The summed E-state index contributed by atoms with van der Waals surface area (Å²) in [6, 6.07) is 17.3. The molecule has 0 saturated heterocycles. The largest absolute Gasteiger partial charge is 0.309 e. The maximum absolute atomic E-state index is 4.68. The highest BCUT2D eigenvalue weighted by molar-refractivity contribution is 5.17. The third-order valence-corrected chi connectivity index (χ3v) is 3.47. The predicted molar refractivity (Wildman–Crippen MR) is 84.8 cm³/mol. The average Bonchev–Trinajstić information content (AvgIpc) is 2.48. The first-order valence-corrected chi connectivity index (χ1v) is 7.50. The summed E-state index contributed by atoms with van der Waals surface area (Å²) in [5, 5.41) is 3.62. The molecular formula is C18H24N2. The lowest BCUT2D eigenvalue weighted by Crippen LogP contribution is -2.23. The van der Waals surface area contributed by atoms with Gasteiger partial charge in [0.1, 0.15) is 0 Å². The first-order valence-electron chi connectivity index (χ1n) is 7.50. The molecule has 0 aliphatic heterocycles. The van der Waals surface area contributed by atoms with E-state index < -0.39 is 0 Å². The molecule has 0 fully saturated rings. The molecule has 0 saturated carbocycles. The van der Waals surface area contributed by atoms with Gasteiger partial charge in [0.25, 0.3) is 0 Å². The topological polar surface area (TPSA) is 24.9 Å². The van der Waals surface area contributed by atoms with E-state index in [1.807, 2.05) is 0 Å². The lowest BCUT2D eigenvalue weighted by atomic mass is 10.0. The fraction of sp³-hybridized carbons (Fsp3) is 0.389. The molecule has 1 heterocycles. The van der Waals surface area contributed by atoms with Crippen molar-refractivity contribution in [3.05, 3.63) is 65.5 Å². The Kier molecular flexibility index (Phi) is 5.75. The Balaban J connectivity index is 2.03. The fourth-order valence-electron chi connectivity index (χ4n) is 2.39. The molecule has 2 rings (SSSR count). The number of hydrogen-bond acceptors (Lipinski definition) is 2. The van der Waals surface area contributed by atoms with Gasteiger partial charge in [0.2, 0.25) is 0 Å². The summed E-state index contributed by atoms with van der Waals surface area (Å²) in [5.41, 5.74) is 3.64. The Hall–Kier alpha value is -1.67. The molecule has 20 heavy (non-hydrogen) atoms. The van der Waals surface area contributed by atoms with Gasteiger partial charge in [-0.1, -0.05) is 43.3 Å². The zero-order valence-electron chi connectivity index (χ0n) is 12.5. The second-order valence-corrected chi connectivity index (χ2v) is 5.23. The summed E-state index contributed by atoms with van der Waals surface area (Å²) in [5.74, 6) is 0. The summed E-state index contributed by atoms with van der Waals surface area (Å²) in [7, 11) is 0. The first kappa shape index (κ1) is 14.7. The van der Waals surface area contributed by atoms with E-state index in [1.54, 1.807) is 0 Å². The van der Waals surface area contributed by atoms with Crippen molar-refractivity contribution in [3.63, 3.8) is 0 Å². The van der Waals surface area contributed by atoms with Crippen molar-refractivity contribution in [1.82, 2.24) is 10.3 Å². The molecule has 0 aliphatic carbocycles. The molecule has 106 valence electrons. The standard InChI is InChI=1S/C18H24N2/c1-3-14-19-17(18-11-7-8-15(2)20-18)13-12-16-9-5-4-6-10-16/h4-11,17,19H,3,12-14H2,1-2H3. The highest BCUT2D eigenvalue weighted by Crippen LogP contribution is 2.18. The van der Waals surface area contributed by atoms with Gasteiger partial charge in [0.05, 0.1) is 5.69 Å². The molecule has 2 heteroatoms. The Morgan fingerprint density at radius 2 is 1.85 bits per heavy atom. The van der Waals surface area contributed by atoms with E-state index in [0.29, 0.717) is 6.04 Å². The molecule has 0 bridgehead atoms. The van der Waals surface area contributed by atoms with Gasteiger partial charge in [0.15, 0.2) is 0 Å². The average molecular weight is 268 g/mol. The van der Waals surface area contributed by atoms with Crippen molar-refractivity contribution >= 4 is 0 Å². The molecule has 2 aromatic rings. The second kappa shape index (κ2) is 7.81. The Morgan fingerprint density at radius 1 is 1.05 bits per heavy atom. The number of pyridine rings is 1. The summed E-state index contributed by atoms with van der Waals surface area (Å²) in [6.45, 7) is 5.29. The maximum Gasteiger partial charge on any atom is 0.0576 e. The van der Waals surface area contributed by atoms with E-state index in [0.717, 1.165) is 37.2 Å². The van der Waals surface area contributed by atoms with E-state index >= 15 is 0 Å². The molecule has 0 spiro atoms. The number of hydrogen-bond donors (Lipinski definition) is 1. The van der Waals surface area contributed by atoms with Crippen LogP contribution in [0.25, 0.3) is 0 Å². The van der Waals surface area contributed by atoms with Crippen molar-refractivity contribution < 1.29 is 0 Å². The van der Waals surface area contributed by atoms with E-state index in [-0.39, 0.29) is 0 Å². The fourth-order valence-corrected chi connectivity index (χ4v) is 2.39. The molecule has 1 aromatic carbocycles. The van der Waals surface area contributed by atoms with Crippen LogP contribution in [0, 0.1) is 6.92 Å². The van der Waals surface area contributed by atoms with Crippen LogP contribution in [-0.4, -0.2) is 11.5 Å². The summed E-state index contributed by atoms with van der Waals surface area (Å²) < 4.78 is 0. The Morgan fingerprint density at radius 3 is 2.55 bits per heavy atom. The summed E-state index contributed by atoms with van der Waals surface area (Å²) in [4.78, 5) is 4.68. The van der Waals surface area contributed by atoms with Gasteiger partial charge < -0.3 is 5.32 Å². The Labute approximate surface area is 122 Å². The van der Waals surface area contributed by atoms with Crippen LogP contribution in [0.2, 0.25) is 0 Å². The van der Waals surface area contributed by atoms with E-state index in [4.69, 9.17) is 0 Å². The lowest BCUT2D eigenvalue weighted by Gasteiger charge is -2.18. The van der Waals surface area contributed by atoms with Crippen LogP contribution in [-0.2, 0) is 6.42 Å². The van der Waals surface area contributed by atoms with Crippen LogP contribution < -0.4 is 5.32 Å². The molecule has 1 unspecified atom stereocenters. The highest BCUT2D eigenvalue weighted by atomic mass is 14.9. The number of benzene rings is 1. The highest BCUT2D eigenvalue weighted by Gasteiger charge is 2.12. The van der Waals surface area contributed by atoms with Crippen LogP contribution >= 0.6 is 0 Å². The monoisotopic (exact) mass is 268 g/mol. The van der Waals surface area contributed by atoms with Gasteiger partial charge in [-0.3, -0.25) is 4.98 Å². The molecule has 0 amide bonds. The van der Waals surface area contributed by atoms with Gasteiger partial charge in [-0.2, -0.15) is 0 Å². The number of aryl methyl sites for hydroxylation is 2. The minimum atomic E-state index is 0.343. The van der Waals surface area contributed by atoms with Crippen LogP contribution in [0.5, 0.6) is 0 Å². The normalized spacial score (nSPS) is 12.3. The smallest absolute Gasteiger partial charge is 0.0576 e. The molecule has 1 N–H and O–H groups in total. The maximum atomic E-state index is 4.68. The van der Waals surface area contributed by atoms with Crippen molar-refractivity contribution in [2.24, 2.45) is 0 Å². The first-order chi connectivity index (χ1) is 9.79. The Bertz CT molecular complexity index is 508. The van der Waals surface area contributed by atoms with Crippen LogP contribution in [0.15, 0.2) is 48.5 Å². The van der Waals surface area contributed by atoms with Gasteiger partial charge in [-0.05, 0) is 50.4 Å². The van der Waals surface area contributed by atoms with Crippen LogP contribution in [0.3, 0.4) is 0 Å². The lowest BCUT2D eigenvalue weighted by molar-refractivity contribution is 0.488.